The van der Waals surface area contributed by atoms with Crippen LogP contribution in [0.1, 0.15) is 13.3 Å². The van der Waals surface area contributed by atoms with E-state index in [4.69, 9.17) is 4.74 Å². The van der Waals surface area contributed by atoms with Crippen LogP contribution in [-0.2, 0) is 14.8 Å². The van der Waals surface area contributed by atoms with Gasteiger partial charge in [-0.15, -0.1) is 0 Å². The first-order valence-electron chi connectivity index (χ1n) is 6.65. The first-order chi connectivity index (χ1) is 9.48. The minimum atomic E-state index is -3.49. The second-order valence-electron chi connectivity index (χ2n) is 5.03. The predicted molar refractivity (Wildman–Crippen MR) is 77.1 cm³/mol. The summed E-state index contributed by atoms with van der Waals surface area (Å²) in [6.45, 7) is 3.02. The SMILES string of the molecule is CNc1cc(S(=O)(=O)N2CCC(C)C(OC)C2)ccn1. The predicted octanol–water partition coefficient (Wildman–Crippen LogP) is 1.17. The van der Waals surface area contributed by atoms with Crippen molar-refractivity contribution < 1.29 is 13.2 Å². The second-order valence-corrected chi connectivity index (χ2v) is 6.97. The van der Waals surface area contributed by atoms with Crippen LogP contribution in [0.4, 0.5) is 5.82 Å². The third-order valence-electron chi connectivity index (χ3n) is 3.78. The number of rotatable bonds is 4. The average molecular weight is 299 g/mol. The third kappa shape index (κ3) is 2.94. The van der Waals surface area contributed by atoms with E-state index < -0.39 is 10.0 Å². The van der Waals surface area contributed by atoms with Gasteiger partial charge in [-0.2, -0.15) is 4.31 Å². The molecule has 1 aliphatic rings. The lowest BCUT2D eigenvalue weighted by Crippen LogP contribution is -2.46. The Balaban J connectivity index is 2.25. The summed E-state index contributed by atoms with van der Waals surface area (Å²) in [5, 5.41) is 2.85. The molecule has 1 N–H and O–H groups in total. The number of anilines is 1. The molecule has 2 heterocycles. The van der Waals surface area contributed by atoms with E-state index in [1.807, 2.05) is 0 Å². The maximum Gasteiger partial charge on any atom is 0.243 e. The molecular weight excluding hydrogens is 278 g/mol. The van der Waals surface area contributed by atoms with Crippen molar-refractivity contribution in [3.05, 3.63) is 18.3 Å². The summed E-state index contributed by atoms with van der Waals surface area (Å²) in [6.07, 6.45) is 2.25. The lowest BCUT2D eigenvalue weighted by Gasteiger charge is -2.35. The molecule has 0 amide bonds. The van der Waals surface area contributed by atoms with E-state index in [9.17, 15) is 8.42 Å². The summed E-state index contributed by atoms with van der Waals surface area (Å²) < 4.78 is 32.2. The van der Waals surface area contributed by atoms with Crippen LogP contribution in [-0.4, -0.2) is 51.1 Å². The van der Waals surface area contributed by atoms with E-state index in [0.29, 0.717) is 24.8 Å². The number of nitrogens with one attached hydrogen (secondary N) is 1. The maximum atomic E-state index is 12.6. The van der Waals surface area contributed by atoms with Gasteiger partial charge in [0.05, 0.1) is 11.0 Å². The summed E-state index contributed by atoms with van der Waals surface area (Å²) in [5.74, 6) is 0.913. The van der Waals surface area contributed by atoms with Crippen LogP contribution in [0.3, 0.4) is 0 Å². The van der Waals surface area contributed by atoms with Crippen molar-refractivity contribution in [3.8, 4) is 0 Å². The van der Waals surface area contributed by atoms with E-state index in [1.54, 1.807) is 20.2 Å². The molecule has 1 saturated heterocycles. The quantitative estimate of drug-likeness (QED) is 0.903. The first-order valence-corrected chi connectivity index (χ1v) is 8.09. The Morgan fingerprint density at radius 1 is 1.50 bits per heavy atom. The number of hydrogen-bond acceptors (Lipinski definition) is 5. The van der Waals surface area contributed by atoms with Crippen molar-refractivity contribution in [2.45, 2.75) is 24.3 Å². The smallest absolute Gasteiger partial charge is 0.243 e. The topological polar surface area (TPSA) is 71.5 Å². The van der Waals surface area contributed by atoms with Gasteiger partial charge in [0.15, 0.2) is 0 Å². The number of nitrogens with zero attached hydrogens (tertiary/aromatic N) is 2. The summed E-state index contributed by atoms with van der Waals surface area (Å²) in [7, 11) is -0.149. The van der Waals surface area contributed by atoms with Gasteiger partial charge in [0.2, 0.25) is 10.0 Å². The van der Waals surface area contributed by atoms with Gasteiger partial charge >= 0.3 is 0 Å². The Hall–Kier alpha value is -1.18. The van der Waals surface area contributed by atoms with Crippen LogP contribution in [0.5, 0.6) is 0 Å². The monoisotopic (exact) mass is 299 g/mol. The number of sulfonamides is 1. The molecule has 1 fully saturated rings. The van der Waals surface area contributed by atoms with Crippen molar-refractivity contribution in [3.63, 3.8) is 0 Å². The fourth-order valence-corrected chi connectivity index (χ4v) is 3.87. The molecule has 2 unspecified atom stereocenters. The first kappa shape index (κ1) is 15.2. The van der Waals surface area contributed by atoms with Gasteiger partial charge in [-0.25, -0.2) is 13.4 Å². The minimum absolute atomic E-state index is 0.0517. The molecule has 2 rings (SSSR count). The normalized spacial score (nSPS) is 24.6. The van der Waals surface area contributed by atoms with Gasteiger partial charge in [0.1, 0.15) is 5.82 Å². The zero-order valence-corrected chi connectivity index (χ0v) is 12.9. The molecule has 2 atom stereocenters. The Labute approximate surface area is 120 Å². The maximum absolute atomic E-state index is 12.6. The highest BCUT2D eigenvalue weighted by Gasteiger charge is 2.33. The molecule has 0 saturated carbocycles. The van der Waals surface area contributed by atoms with E-state index in [0.717, 1.165) is 6.42 Å². The van der Waals surface area contributed by atoms with E-state index in [-0.39, 0.29) is 11.0 Å². The molecule has 6 nitrogen and oxygen atoms in total. The van der Waals surface area contributed by atoms with Gasteiger partial charge in [-0.1, -0.05) is 6.92 Å². The molecule has 0 bridgehead atoms. The number of pyridine rings is 1. The zero-order chi connectivity index (χ0) is 14.8. The van der Waals surface area contributed by atoms with Crippen molar-refractivity contribution in [2.75, 3.05) is 32.6 Å². The Morgan fingerprint density at radius 3 is 2.90 bits per heavy atom. The molecule has 0 spiro atoms. The number of piperidine rings is 1. The van der Waals surface area contributed by atoms with Crippen molar-refractivity contribution >= 4 is 15.8 Å². The summed E-state index contributed by atoms with van der Waals surface area (Å²) in [5.41, 5.74) is 0. The summed E-state index contributed by atoms with van der Waals surface area (Å²) >= 11 is 0. The number of hydrogen-bond donors (Lipinski definition) is 1. The van der Waals surface area contributed by atoms with E-state index in [1.165, 1.54) is 16.6 Å². The third-order valence-corrected chi connectivity index (χ3v) is 5.64. The Bertz CT molecular complexity index is 562. The van der Waals surface area contributed by atoms with Crippen LogP contribution in [0.15, 0.2) is 23.2 Å². The number of aromatic nitrogens is 1. The molecule has 7 heteroatoms. The fraction of sp³-hybridized carbons (Fsp3) is 0.615. The lowest BCUT2D eigenvalue weighted by molar-refractivity contribution is 0.0184. The molecular formula is C13H21N3O3S. The van der Waals surface area contributed by atoms with Gasteiger partial charge < -0.3 is 10.1 Å². The highest BCUT2D eigenvalue weighted by molar-refractivity contribution is 7.89. The van der Waals surface area contributed by atoms with E-state index in [2.05, 4.69) is 17.2 Å². The molecule has 1 aromatic rings. The highest BCUT2D eigenvalue weighted by Crippen LogP contribution is 2.25. The van der Waals surface area contributed by atoms with Crippen LogP contribution >= 0.6 is 0 Å². The van der Waals surface area contributed by atoms with Crippen LogP contribution < -0.4 is 5.32 Å². The van der Waals surface area contributed by atoms with Gasteiger partial charge in [0, 0.05) is 39.5 Å². The highest BCUT2D eigenvalue weighted by atomic mass is 32.2. The summed E-state index contributed by atoms with van der Waals surface area (Å²) in [4.78, 5) is 4.31. The average Bonchev–Trinajstić information content (AvgIpc) is 2.47. The Morgan fingerprint density at radius 2 is 2.25 bits per heavy atom. The molecule has 0 radical (unpaired) electrons. The van der Waals surface area contributed by atoms with Crippen LogP contribution in [0.25, 0.3) is 0 Å². The van der Waals surface area contributed by atoms with Crippen molar-refractivity contribution in [2.24, 2.45) is 5.92 Å². The number of methoxy groups -OCH3 is 1. The molecule has 1 aromatic heterocycles. The largest absolute Gasteiger partial charge is 0.380 e. The minimum Gasteiger partial charge on any atom is -0.380 e. The van der Waals surface area contributed by atoms with Crippen molar-refractivity contribution in [1.82, 2.24) is 9.29 Å². The van der Waals surface area contributed by atoms with E-state index >= 15 is 0 Å². The second kappa shape index (κ2) is 6.07. The molecule has 0 aliphatic carbocycles. The van der Waals surface area contributed by atoms with Gasteiger partial charge in [-0.05, 0) is 18.4 Å². The number of ether oxygens (including phenoxy) is 1. The molecule has 1 aliphatic heterocycles. The molecule has 20 heavy (non-hydrogen) atoms. The van der Waals surface area contributed by atoms with Crippen LogP contribution in [0, 0.1) is 5.92 Å². The van der Waals surface area contributed by atoms with Crippen molar-refractivity contribution in [1.29, 1.82) is 0 Å². The van der Waals surface area contributed by atoms with Gasteiger partial charge in [-0.3, -0.25) is 0 Å². The van der Waals surface area contributed by atoms with Gasteiger partial charge in [0.25, 0.3) is 0 Å². The molecule has 112 valence electrons. The molecule has 0 aromatic carbocycles. The summed E-state index contributed by atoms with van der Waals surface area (Å²) in [6, 6.07) is 3.07. The van der Waals surface area contributed by atoms with Crippen LogP contribution in [0.2, 0.25) is 0 Å². The standard InChI is InChI=1S/C13H21N3O3S/c1-10-5-7-16(9-12(10)19-3)20(17,18)11-4-6-15-13(8-11)14-2/h4,6,8,10,12H,5,7,9H2,1-3H3,(H,14,15). The lowest BCUT2D eigenvalue weighted by atomic mass is 9.97. The fourth-order valence-electron chi connectivity index (χ4n) is 2.39. The zero-order valence-electron chi connectivity index (χ0n) is 12.0. The Kier molecular flexibility index (Phi) is 4.62.